The number of halogens is 1. The van der Waals surface area contributed by atoms with E-state index in [1.165, 1.54) is 12.1 Å². The molecule has 0 spiro atoms. The van der Waals surface area contributed by atoms with Crippen LogP contribution in [0.5, 0.6) is 0 Å². The summed E-state index contributed by atoms with van der Waals surface area (Å²) in [5.74, 6) is -0.370. The van der Waals surface area contributed by atoms with Gasteiger partial charge in [0, 0.05) is 19.7 Å². The number of rotatable bonds is 5. The summed E-state index contributed by atoms with van der Waals surface area (Å²) in [5, 5.41) is 9.09. The highest BCUT2D eigenvalue weighted by Gasteiger charge is 2.21. The maximum Gasteiger partial charge on any atom is 0.124 e. The summed E-state index contributed by atoms with van der Waals surface area (Å²) in [6.07, 6.45) is 3.00. The van der Waals surface area contributed by atoms with Gasteiger partial charge in [-0.05, 0) is 44.0 Å². The number of ether oxygens (including phenoxy) is 1. The highest BCUT2D eigenvalue weighted by atomic mass is 19.1. The van der Waals surface area contributed by atoms with Gasteiger partial charge in [-0.2, -0.15) is 5.26 Å². The smallest absolute Gasteiger partial charge is 0.124 e. The van der Waals surface area contributed by atoms with Gasteiger partial charge in [0.15, 0.2) is 0 Å². The fraction of sp³-hybridized carbons (Fsp3) is 0.533. The molecular weight excluding hydrogens is 257 g/mol. The molecule has 1 aliphatic heterocycles. The Morgan fingerprint density at radius 3 is 2.80 bits per heavy atom. The molecule has 1 aromatic carbocycles. The van der Waals surface area contributed by atoms with Gasteiger partial charge in [0.2, 0.25) is 0 Å². The molecule has 2 N–H and O–H groups in total. The molecule has 108 valence electrons. The van der Waals surface area contributed by atoms with Crippen molar-refractivity contribution in [2.24, 2.45) is 5.73 Å². The van der Waals surface area contributed by atoms with E-state index in [9.17, 15) is 4.39 Å². The van der Waals surface area contributed by atoms with E-state index in [0.29, 0.717) is 18.7 Å². The zero-order valence-corrected chi connectivity index (χ0v) is 11.5. The standard InChI is InChI=1S/C15H20FN3O/c16-13-2-3-15(12(10-13)11-18)19-7-4-14(5-8-19)20-9-1-6-17/h2-3,10,14H,1,4-9,17H2. The first-order valence-electron chi connectivity index (χ1n) is 7.01. The fourth-order valence-corrected chi connectivity index (χ4v) is 2.47. The summed E-state index contributed by atoms with van der Waals surface area (Å²) in [5.41, 5.74) is 6.65. The van der Waals surface area contributed by atoms with Crippen LogP contribution in [-0.2, 0) is 4.74 Å². The first kappa shape index (κ1) is 14.8. The first-order chi connectivity index (χ1) is 9.74. The predicted octanol–water partition coefficient (Wildman–Crippen LogP) is 2.03. The Hall–Kier alpha value is -1.64. The second-order valence-electron chi connectivity index (χ2n) is 4.97. The summed E-state index contributed by atoms with van der Waals surface area (Å²) in [6, 6.07) is 6.44. The number of hydrogen-bond donors (Lipinski definition) is 1. The Balaban J connectivity index is 1.92. The lowest BCUT2D eigenvalue weighted by Gasteiger charge is -2.34. The molecule has 5 heteroatoms. The molecule has 0 amide bonds. The van der Waals surface area contributed by atoms with E-state index in [-0.39, 0.29) is 11.9 Å². The van der Waals surface area contributed by atoms with Crippen LogP contribution in [0.1, 0.15) is 24.8 Å². The number of piperidine rings is 1. The molecule has 0 unspecified atom stereocenters. The predicted molar refractivity (Wildman–Crippen MR) is 76.0 cm³/mol. The van der Waals surface area contributed by atoms with Crippen LogP contribution in [0, 0.1) is 17.1 Å². The summed E-state index contributed by atoms with van der Waals surface area (Å²) >= 11 is 0. The lowest BCUT2D eigenvalue weighted by Crippen LogP contribution is -2.37. The molecule has 0 atom stereocenters. The molecule has 0 bridgehead atoms. The molecule has 20 heavy (non-hydrogen) atoms. The largest absolute Gasteiger partial charge is 0.378 e. The van der Waals surface area contributed by atoms with E-state index < -0.39 is 0 Å². The van der Waals surface area contributed by atoms with E-state index >= 15 is 0 Å². The van der Waals surface area contributed by atoms with Crippen molar-refractivity contribution in [3.8, 4) is 6.07 Å². The average Bonchev–Trinajstić information content (AvgIpc) is 2.48. The normalized spacial score (nSPS) is 16.1. The van der Waals surface area contributed by atoms with E-state index in [0.717, 1.165) is 38.0 Å². The van der Waals surface area contributed by atoms with Crippen molar-refractivity contribution in [2.45, 2.75) is 25.4 Å². The topological polar surface area (TPSA) is 62.3 Å². The minimum Gasteiger partial charge on any atom is -0.378 e. The van der Waals surface area contributed by atoms with Crippen LogP contribution in [0.15, 0.2) is 18.2 Å². The lowest BCUT2D eigenvalue weighted by atomic mass is 10.1. The van der Waals surface area contributed by atoms with Gasteiger partial charge in [-0.15, -0.1) is 0 Å². The van der Waals surface area contributed by atoms with Crippen molar-refractivity contribution in [3.05, 3.63) is 29.6 Å². The first-order valence-corrected chi connectivity index (χ1v) is 7.01. The molecule has 1 heterocycles. The van der Waals surface area contributed by atoms with E-state index in [4.69, 9.17) is 15.7 Å². The second-order valence-corrected chi connectivity index (χ2v) is 4.97. The van der Waals surface area contributed by atoms with E-state index in [1.807, 2.05) is 0 Å². The number of benzene rings is 1. The van der Waals surface area contributed by atoms with E-state index in [1.54, 1.807) is 6.07 Å². The molecule has 0 saturated carbocycles. The van der Waals surface area contributed by atoms with Crippen LogP contribution in [0.3, 0.4) is 0 Å². The maximum atomic E-state index is 13.1. The molecule has 1 saturated heterocycles. The molecule has 4 nitrogen and oxygen atoms in total. The summed E-state index contributed by atoms with van der Waals surface area (Å²) < 4.78 is 18.9. The minimum atomic E-state index is -0.370. The zero-order valence-electron chi connectivity index (χ0n) is 11.5. The summed E-state index contributed by atoms with van der Waals surface area (Å²) in [6.45, 7) is 3.02. The molecule has 0 aliphatic carbocycles. The molecule has 1 aromatic rings. The molecule has 2 rings (SSSR count). The van der Waals surface area contributed by atoms with Crippen molar-refractivity contribution in [3.63, 3.8) is 0 Å². The van der Waals surface area contributed by atoms with Gasteiger partial charge in [0.05, 0.1) is 17.4 Å². The maximum absolute atomic E-state index is 13.1. The van der Waals surface area contributed by atoms with Crippen LogP contribution in [0.2, 0.25) is 0 Å². The number of nitrogens with two attached hydrogens (primary N) is 1. The fourth-order valence-electron chi connectivity index (χ4n) is 2.47. The SMILES string of the molecule is N#Cc1cc(F)ccc1N1CCC(OCCCN)CC1. The van der Waals surface area contributed by atoms with Gasteiger partial charge in [-0.25, -0.2) is 4.39 Å². The molecule has 1 aliphatic rings. The van der Waals surface area contributed by atoms with Crippen LogP contribution in [-0.4, -0.2) is 32.3 Å². The third kappa shape index (κ3) is 3.69. The molecule has 0 radical (unpaired) electrons. The van der Waals surface area contributed by atoms with Crippen molar-refractivity contribution in [2.75, 3.05) is 31.1 Å². The highest BCUT2D eigenvalue weighted by molar-refractivity contribution is 5.59. The Morgan fingerprint density at radius 1 is 1.40 bits per heavy atom. The van der Waals surface area contributed by atoms with Crippen LogP contribution in [0.25, 0.3) is 0 Å². The summed E-state index contributed by atoms with van der Waals surface area (Å²) in [7, 11) is 0. The minimum absolute atomic E-state index is 0.267. The molecular formula is C15H20FN3O. The Morgan fingerprint density at radius 2 is 2.15 bits per heavy atom. The van der Waals surface area contributed by atoms with Gasteiger partial charge < -0.3 is 15.4 Å². The van der Waals surface area contributed by atoms with Gasteiger partial charge in [0.1, 0.15) is 11.9 Å². The van der Waals surface area contributed by atoms with Gasteiger partial charge in [-0.3, -0.25) is 0 Å². The average molecular weight is 277 g/mol. The van der Waals surface area contributed by atoms with Crippen LogP contribution < -0.4 is 10.6 Å². The number of hydrogen-bond acceptors (Lipinski definition) is 4. The summed E-state index contributed by atoms with van der Waals surface area (Å²) in [4.78, 5) is 2.13. The van der Waals surface area contributed by atoms with E-state index in [2.05, 4.69) is 11.0 Å². The van der Waals surface area contributed by atoms with Crippen molar-refractivity contribution < 1.29 is 9.13 Å². The third-order valence-electron chi connectivity index (χ3n) is 3.56. The lowest BCUT2D eigenvalue weighted by molar-refractivity contribution is 0.0366. The van der Waals surface area contributed by atoms with Crippen molar-refractivity contribution >= 4 is 5.69 Å². The van der Waals surface area contributed by atoms with Gasteiger partial charge in [-0.1, -0.05) is 0 Å². The Labute approximate surface area is 118 Å². The number of nitriles is 1. The van der Waals surface area contributed by atoms with Crippen molar-refractivity contribution in [1.82, 2.24) is 0 Å². The highest BCUT2D eigenvalue weighted by Crippen LogP contribution is 2.25. The van der Waals surface area contributed by atoms with Gasteiger partial charge >= 0.3 is 0 Å². The van der Waals surface area contributed by atoms with Crippen LogP contribution in [0.4, 0.5) is 10.1 Å². The monoisotopic (exact) mass is 277 g/mol. The molecule has 0 aromatic heterocycles. The molecule has 1 fully saturated rings. The third-order valence-corrected chi connectivity index (χ3v) is 3.56. The number of nitrogens with zero attached hydrogens (tertiary/aromatic N) is 2. The number of anilines is 1. The van der Waals surface area contributed by atoms with Crippen LogP contribution >= 0.6 is 0 Å². The zero-order chi connectivity index (χ0) is 14.4. The van der Waals surface area contributed by atoms with Crippen molar-refractivity contribution in [1.29, 1.82) is 5.26 Å². The Bertz CT molecular complexity index is 478. The second kappa shape index (κ2) is 7.22. The quantitative estimate of drug-likeness (QED) is 0.837. The Kier molecular flexibility index (Phi) is 5.33. The van der Waals surface area contributed by atoms with Gasteiger partial charge in [0.25, 0.3) is 0 Å².